The van der Waals surface area contributed by atoms with Crippen LogP contribution < -0.4 is 5.32 Å². The molecule has 1 N–H and O–H groups in total. The highest BCUT2D eigenvalue weighted by Gasteiger charge is 2.28. The summed E-state index contributed by atoms with van der Waals surface area (Å²) < 4.78 is 5.42. The summed E-state index contributed by atoms with van der Waals surface area (Å²) in [5.41, 5.74) is 1.07. The second-order valence-electron chi connectivity index (χ2n) is 6.34. The Kier molecular flexibility index (Phi) is 4.42. The van der Waals surface area contributed by atoms with Crippen molar-refractivity contribution >= 4 is 0 Å². The molecule has 0 bridgehead atoms. The third-order valence-corrected chi connectivity index (χ3v) is 3.19. The Balaban J connectivity index is 1.87. The monoisotopic (exact) mass is 263 g/mol. The topological polar surface area (TPSA) is 41.3 Å². The van der Waals surface area contributed by atoms with E-state index in [0.717, 1.165) is 31.1 Å². The van der Waals surface area contributed by atoms with Crippen molar-refractivity contribution in [2.45, 2.75) is 58.3 Å². The van der Waals surface area contributed by atoms with Crippen molar-refractivity contribution in [2.24, 2.45) is 0 Å². The number of rotatable bonds is 7. The van der Waals surface area contributed by atoms with Gasteiger partial charge in [0.25, 0.3) is 0 Å². The first-order chi connectivity index (χ1) is 8.98. The van der Waals surface area contributed by atoms with Gasteiger partial charge in [-0.05, 0) is 33.6 Å². The van der Waals surface area contributed by atoms with Crippen LogP contribution in [0.2, 0.25) is 0 Å². The minimum absolute atomic E-state index is 0.0992. The minimum Gasteiger partial charge on any atom is -0.360 e. The van der Waals surface area contributed by atoms with Crippen LogP contribution in [0.4, 0.5) is 0 Å². The molecule has 2 rings (SSSR count). The summed E-state index contributed by atoms with van der Waals surface area (Å²) in [4.78, 5) is 2.40. The molecule has 1 aromatic rings. The summed E-state index contributed by atoms with van der Waals surface area (Å²) in [6.45, 7) is 12.8. The van der Waals surface area contributed by atoms with E-state index in [1.807, 2.05) is 6.08 Å². The summed E-state index contributed by atoms with van der Waals surface area (Å²) >= 11 is 0. The fourth-order valence-electron chi connectivity index (χ4n) is 2.02. The third-order valence-electron chi connectivity index (χ3n) is 3.19. The van der Waals surface area contributed by atoms with Gasteiger partial charge in [0.1, 0.15) is 0 Å². The van der Waals surface area contributed by atoms with E-state index < -0.39 is 0 Å². The molecular weight excluding hydrogens is 238 g/mol. The predicted octanol–water partition coefficient (Wildman–Crippen LogP) is 2.71. The largest absolute Gasteiger partial charge is 0.360 e. The van der Waals surface area contributed by atoms with E-state index in [0.29, 0.717) is 6.04 Å². The average Bonchev–Trinajstić information content (AvgIpc) is 3.07. The maximum Gasteiger partial charge on any atom is 0.151 e. The van der Waals surface area contributed by atoms with Gasteiger partial charge in [0.15, 0.2) is 5.76 Å². The summed E-state index contributed by atoms with van der Waals surface area (Å²) in [6, 6.07) is 2.76. The molecule has 1 heterocycles. The Morgan fingerprint density at radius 3 is 2.84 bits per heavy atom. The maximum absolute atomic E-state index is 5.42. The molecule has 1 saturated carbocycles. The lowest BCUT2D eigenvalue weighted by atomic mass is 10.1. The Morgan fingerprint density at radius 2 is 2.26 bits per heavy atom. The van der Waals surface area contributed by atoms with Crippen LogP contribution in [0.25, 0.3) is 0 Å². The zero-order valence-corrected chi connectivity index (χ0v) is 12.3. The number of aromatic nitrogens is 1. The first-order valence-corrected chi connectivity index (χ1v) is 7.02. The molecule has 4 nitrogen and oxygen atoms in total. The third kappa shape index (κ3) is 4.80. The van der Waals surface area contributed by atoms with Crippen LogP contribution in [0.1, 0.15) is 45.1 Å². The highest BCUT2D eigenvalue weighted by molar-refractivity contribution is 5.06. The number of hydrogen-bond donors (Lipinski definition) is 1. The molecule has 1 fully saturated rings. The molecule has 0 atom stereocenters. The molecule has 106 valence electrons. The molecule has 1 aliphatic carbocycles. The summed E-state index contributed by atoms with van der Waals surface area (Å²) in [5, 5.41) is 7.53. The zero-order valence-electron chi connectivity index (χ0n) is 12.3. The van der Waals surface area contributed by atoms with Crippen LogP contribution in [-0.4, -0.2) is 28.2 Å². The van der Waals surface area contributed by atoms with Gasteiger partial charge in [-0.25, -0.2) is 0 Å². The van der Waals surface area contributed by atoms with Gasteiger partial charge in [0.05, 0.1) is 12.2 Å². The average molecular weight is 263 g/mol. The Morgan fingerprint density at radius 1 is 1.53 bits per heavy atom. The van der Waals surface area contributed by atoms with Crippen molar-refractivity contribution in [1.29, 1.82) is 0 Å². The van der Waals surface area contributed by atoms with Crippen LogP contribution in [0.15, 0.2) is 23.2 Å². The predicted molar refractivity (Wildman–Crippen MR) is 76.7 cm³/mol. The highest BCUT2D eigenvalue weighted by atomic mass is 16.5. The van der Waals surface area contributed by atoms with Crippen LogP contribution in [0.5, 0.6) is 0 Å². The molecule has 0 amide bonds. The van der Waals surface area contributed by atoms with E-state index in [2.05, 4.69) is 48.8 Å². The van der Waals surface area contributed by atoms with E-state index >= 15 is 0 Å². The first kappa shape index (κ1) is 14.3. The van der Waals surface area contributed by atoms with Crippen molar-refractivity contribution in [3.8, 4) is 0 Å². The van der Waals surface area contributed by atoms with Crippen molar-refractivity contribution in [3.05, 3.63) is 30.2 Å². The minimum atomic E-state index is 0.0992. The molecule has 1 aliphatic rings. The Bertz CT molecular complexity index is 415. The molecular formula is C15H25N3O. The lowest BCUT2D eigenvalue weighted by molar-refractivity contribution is 0.242. The van der Waals surface area contributed by atoms with E-state index in [1.165, 1.54) is 12.8 Å². The quantitative estimate of drug-likeness (QED) is 0.768. The molecule has 0 aliphatic heterocycles. The van der Waals surface area contributed by atoms with Gasteiger partial charge in [-0.1, -0.05) is 11.2 Å². The van der Waals surface area contributed by atoms with E-state index in [1.54, 1.807) is 0 Å². The SMILES string of the molecule is C=CCN(Cc1cc(CNC(C)(C)C)no1)C1CC1. The lowest BCUT2D eigenvalue weighted by Crippen LogP contribution is -2.35. The van der Waals surface area contributed by atoms with Crippen molar-refractivity contribution < 1.29 is 4.52 Å². The van der Waals surface area contributed by atoms with Crippen LogP contribution in [-0.2, 0) is 13.1 Å². The van der Waals surface area contributed by atoms with E-state index in [9.17, 15) is 0 Å². The van der Waals surface area contributed by atoms with Crippen molar-refractivity contribution in [3.63, 3.8) is 0 Å². The fraction of sp³-hybridized carbons (Fsp3) is 0.667. The van der Waals surface area contributed by atoms with Crippen LogP contribution >= 0.6 is 0 Å². The lowest BCUT2D eigenvalue weighted by Gasteiger charge is -2.19. The highest BCUT2D eigenvalue weighted by Crippen LogP contribution is 2.28. The van der Waals surface area contributed by atoms with Gasteiger partial charge >= 0.3 is 0 Å². The number of hydrogen-bond acceptors (Lipinski definition) is 4. The smallest absolute Gasteiger partial charge is 0.151 e. The number of nitrogens with zero attached hydrogens (tertiary/aromatic N) is 2. The van der Waals surface area contributed by atoms with Crippen LogP contribution in [0, 0.1) is 0 Å². The van der Waals surface area contributed by atoms with Crippen LogP contribution in [0.3, 0.4) is 0 Å². The first-order valence-electron chi connectivity index (χ1n) is 7.02. The molecule has 0 aromatic carbocycles. The van der Waals surface area contributed by atoms with Gasteiger partial charge < -0.3 is 9.84 Å². The van der Waals surface area contributed by atoms with Gasteiger partial charge in [-0.3, -0.25) is 4.90 Å². The van der Waals surface area contributed by atoms with Crippen molar-refractivity contribution in [2.75, 3.05) is 6.54 Å². The van der Waals surface area contributed by atoms with Gasteiger partial charge in [0.2, 0.25) is 0 Å². The van der Waals surface area contributed by atoms with E-state index in [-0.39, 0.29) is 5.54 Å². The maximum atomic E-state index is 5.42. The molecule has 19 heavy (non-hydrogen) atoms. The van der Waals surface area contributed by atoms with Gasteiger partial charge in [-0.15, -0.1) is 6.58 Å². The Labute approximate surface area is 115 Å². The molecule has 1 aromatic heterocycles. The van der Waals surface area contributed by atoms with Crippen molar-refractivity contribution in [1.82, 2.24) is 15.4 Å². The van der Waals surface area contributed by atoms with Gasteiger partial charge in [-0.2, -0.15) is 0 Å². The molecule has 0 spiro atoms. The molecule has 4 heteroatoms. The summed E-state index contributed by atoms with van der Waals surface area (Å²) in [5.74, 6) is 0.944. The number of nitrogens with one attached hydrogen (secondary N) is 1. The molecule has 0 saturated heterocycles. The fourth-order valence-corrected chi connectivity index (χ4v) is 2.02. The second-order valence-corrected chi connectivity index (χ2v) is 6.34. The zero-order chi connectivity index (χ0) is 13.9. The van der Waals surface area contributed by atoms with E-state index in [4.69, 9.17) is 4.52 Å². The summed E-state index contributed by atoms with van der Waals surface area (Å²) in [6.07, 6.45) is 4.54. The van der Waals surface area contributed by atoms with Gasteiger partial charge in [0, 0.05) is 30.7 Å². The second kappa shape index (κ2) is 5.88. The Hall–Kier alpha value is -1.13. The molecule has 0 unspecified atom stereocenters. The normalized spacial score (nSPS) is 16.0. The summed E-state index contributed by atoms with van der Waals surface area (Å²) in [7, 11) is 0. The standard InChI is InChI=1S/C15H25N3O/c1-5-8-18(13-6-7-13)11-14-9-12(17-19-14)10-16-15(2,3)4/h5,9,13,16H,1,6-8,10-11H2,2-4H3. The molecule has 0 radical (unpaired) electrons.